The van der Waals surface area contributed by atoms with Crippen LogP contribution in [0.15, 0.2) is 24.3 Å². The van der Waals surface area contributed by atoms with Crippen molar-refractivity contribution >= 4 is 5.78 Å². The Morgan fingerprint density at radius 1 is 1.24 bits per heavy atom. The molecule has 1 atom stereocenters. The lowest BCUT2D eigenvalue weighted by Gasteiger charge is -2.16. The van der Waals surface area contributed by atoms with Gasteiger partial charge in [0, 0.05) is 0 Å². The molecule has 1 aromatic rings. The first-order valence-corrected chi connectivity index (χ1v) is 4.81. The largest absolute Gasteiger partial charge is 0.573 e. The second kappa shape index (κ2) is 5.07. The maximum absolute atomic E-state index is 12.1. The molecule has 1 rings (SSSR count). The molecule has 0 radical (unpaired) electrons. The smallest absolute Gasteiger partial charge is 0.479 e. The van der Waals surface area contributed by atoms with E-state index in [-0.39, 0.29) is 11.5 Å². The molecule has 94 valence electrons. The SMILES string of the molecule is CC(=O)C(C)Oc1ccccc1OC(F)(F)F. The molecule has 0 aliphatic carbocycles. The lowest BCUT2D eigenvalue weighted by atomic mass is 10.2. The lowest BCUT2D eigenvalue weighted by molar-refractivity contribution is -0.275. The fraction of sp³-hybridized carbons (Fsp3) is 0.364. The highest BCUT2D eigenvalue weighted by atomic mass is 19.4. The molecule has 0 amide bonds. The summed E-state index contributed by atoms with van der Waals surface area (Å²) in [4.78, 5) is 11.0. The average molecular weight is 248 g/mol. The molecule has 0 heterocycles. The number of Topliss-reactive ketones (excluding diaryl/α,β-unsaturated/α-hetero) is 1. The van der Waals surface area contributed by atoms with Crippen LogP contribution in [0.1, 0.15) is 13.8 Å². The zero-order valence-electron chi connectivity index (χ0n) is 9.25. The van der Waals surface area contributed by atoms with Crippen LogP contribution >= 0.6 is 0 Å². The van der Waals surface area contributed by atoms with Crippen molar-refractivity contribution in [2.24, 2.45) is 0 Å². The molecule has 0 fully saturated rings. The van der Waals surface area contributed by atoms with Gasteiger partial charge in [-0.05, 0) is 26.0 Å². The summed E-state index contributed by atoms with van der Waals surface area (Å²) in [5, 5.41) is 0. The highest BCUT2D eigenvalue weighted by Gasteiger charge is 2.32. The van der Waals surface area contributed by atoms with E-state index in [1.165, 1.54) is 32.0 Å². The molecular weight excluding hydrogens is 237 g/mol. The van der Waals surface area contributed by atoms with E-state index in [9.17, 15) is 18.0 Å². The topological polar surface area (TPSA) is 35.5 Å². The van der Waals surface area contributed by atoms with Crippen molar-refractivity contribution in [1.82, 2.24) is 0 Å². The average Bonchev–Trinajstić information content (AvgIpc) is 2.18. The molecule has 3 nitrogen and oxygen atoms in total. The number of ether oxygens (including phenoxy) is 2. The number of halogens is 3. The number of rotatable bonds is 4. The molecule has 0 N–H and O–H groups in total. The Kier molecular flexibility index (Phi) is 3.98. The van der Waals surface area contributed by atoms with Gasteiger partial charge in [-0.3, -0.25) is 4.79 Å². The summed E-state index contributed by atoms with van der Waals surface area (Å²) in [6, 6.07) is 5.30. The van der Waals surface area contributed by atoms with Gasteiger partial charge in [-0.25, -0.2) is 0 Å². The van der Waals surface area contributed by atoms with Crippen LogP contribution in [0.2, 0.25) is 0 Å². The third-order valence-electron chi connectivity index (χ3n) is 1.95. The van der Waals surface area contributed by atoms with Crippen molar-refractivity contribution in [3.8, 4) is 11.5 Å². The van der Waals surface area contributed by atoms with Crippen LogP contribution in [-0.2, 0) is 4.79 Å². The first-order chi connectivity index (χ1) is 7.79. The molecule has 0 aromatic heterocycles. The van der Waals surface area contributed by atoms with E-state index < -0.39 is 18.2 Å². The Hall–Kier alpha value is -1.72. The van der Waals surface area contributed by atoms with Gasteiger partial charge in [0.1, 0.15) is 0 Å². The molecule has 0 saturated carbocycles. The molecule has 6 heteroatoms. The zero-order valence-corrected chi connectivity index (χ0v) is 9.25. The third-order valence-corrected chi connectivity index (χ3v) is 1.95. The van der Waals surface area contributed by atoms with Crippen molar-refractivity contribution < 1.29 is 27.4 Å². The molecule has 0 saturated heterocycles. The van der Waals surface area contributed by atoms with E-state index in [1.807, 2.05) is 0 Å². The minimum absolute atomic E-state index is 0.118. The molecule has 0 spiro atoms. The predicted octanol–water partition coefficient (Wildman–Crippen LogP) is 2.94. The monoisotopic (exact) mass is 248 g/mol. The Balaban J connectivity index is 2.88. The molecule has 0 bridgehead atoms. The fourth-order valence-corrected chi connectivity index (χ4v) is 1.03. The van der Waals surface area contributed by atoms with E-state index in [0.29, 0.717) is 0 Å². The summed E-state index contributed by atoms with van der Waals surface area (Å²) in [6.45, 7) is 2.74. The zero-order chi connectivity index (χ0) is 13.1. The molecule has 0 aliphatic rings. The molecule has 17 heavy (non-hydrogen) atoms. The maximum Gasteiger partial charge on any atom is 0.573 e. The van der Waals surface area contributed by atoms with Crippen molar-refractivity contribution in [2.75, 3.05) is 0 Å². The number of benzene rings is 1. The van der Waals surface area contributed by atoms with Gasteiger partial charge in [-0.2, -0.15) is 0 Å². The van der Waals surface area contributed by atoms with E-state index in [1.54, 1.807) is 0 Å². The number of para-hydroxylation sites is 2. The highest BCUT2D eigenvalue weighted by molar-refractivity contribution is 5.80. The highest BCUT2D eigenvalue weighted by Crippen LogP contribution is 2.32. The van der Waals surface area contributed by atoms with Gasteiger partial charge in [0.2, 0.25) is 0 Å². The van der Waals surface area contributed by atoms with Gasteiger partial charge in [0.05, 0.1) is 0 Å². The van der Waals surface area contributed by atoms with Crippen LogP contribution in [0, 0.1) is 0 Å². The molecule has 1 aromatic carbocycles. The summed E-state index contributed by atoms with van der Waals surface area (Å²) < 4.78 is 45.1. The predicted molar refractivity (Wildman–Crippen MR) is 53.9 cm³/mol. The Morgan fingerprint density at radius 2 is 1.76 bits per heavy atom. The number of alkyl halides is 3. The molecular formula is C11H11F3O3. The van der Waals surface area contributed by atoms with E-state index in [0.717, 1.165) is 6.07 Å². The van der Waals surface area contributed by atoms with Crippen molar-refractivity contribution in [3.63, 3.8) is 0 Å². The van der Waals surface area contributed by atoms with Gasteiger partial charge in [0.25, 0.3) is 0 Å². The summed E-state index contributed by atoms with van der Waals surface area (Å²) in [6.07, 6.45) is -5.62. The quantitative estimate of drug-likeness (QED) is 0.821. The number of carbonyl (C=O) groups excluding carboxylic acids is 1. The number of carbonyl (C=O) groups is 1. The van der Waals surface area contributed by atoms with Crippen molar-refractivity contribution in [3.05, 3.63) is 24.3 Å². The first kappa shape index (κ1) is 13.3. The van der Waals surface area contributed by atoms with Gasteiger partial charge in [-0.15, -0.1) is 13.2 Å². The van der Waals surface area contributed by atoms with Crippen LogP contribution in [0.5, 0.6) is 11.5 Å². The van der Waals surface area contributed by atoms with Crippen LogP contribution in [-0.4, -0.2) is 18.2 Å². The van der Waals surface area contributed by atoms with Crippen LogP contribution in [0.25, 0.3) is 0 Å². The van der Waals surface area contributed by atoms with Crippen molar-refractivity contribution in [2.45, 2.75) is 26.3 Å². The second-order valence-corrected chi connectivity index (χ2v) is 3.37. The second-order valence-electron chi connectivity index (χ2n) is 3.37. The minimum Gasteiger partial charge on any atom is -0.479 e. The third kappa shape index (κ3) is 4.34. The lowest BCUT2D eigenvalue weighted by Crippen LogP contribution is -2.22. The Bertz CT molecular complexity index is 401. The van der Waals surface area contributed by atoms with E-state index in [2.05, 4.69) is 4.74 Å². The van der Waals surface area contributed by atoms with E-state index >= 15 is 0 Å². The molecule has 0 aliphatic heterocycles. The van der Waals surface area contributed by atoms with Crippen LogP contribution in [0.4, 0.5) is 13.2 Å². The van der Waals surface area contributed by atoms with Gasteiger partial charge in [-0.1, -0.05) is 12.1 Å². The first-order valence-electron chi connectivity index (χ1n) is 4.81. The van der Waals surface area contributed by atoms with Gasteiger partial charge < -0.3 is 9.47 Å². The minimum atomic E-state index is -4.79. The number of hydrogen-bond donors (Lipinski definition) is 0. The maximum atomic E-state index is 12.1. The number of hydrogen-bond acceptors (Lipinski definition) is 3. The van der Waals surface area contributed by atoms with Gasteiger partial charge in [0.15, 0.2) is 23.4 Å². The van der Waals surface area contributed by atoms with E-state index in [4.69, 9.17) is 4.74 Å². The summed E-state index contributed by atoms with van der Waals surface area (Å²) in [5.74, 6) is -0.868. The Morgan fingerprint density at radius 3 is 2.24 bits per heavy atom. The normalized spacial score (nSPS) is 13.0. The van der Waals surface area contributed by atoms with Crippen LogP contribution in [0.3, 0.4) is 0 Å². The Labute approximate surface area is 96.1 Å². The summed E-state index contributed by atoms with van der Waals surface area (Å²) in [7, 11) is 0. The van der Waals surface area contributed by atoms with Crippen molar-refractivity contribution in [1.29, 1.82) is 0 Å². The standard InChI is InChI=1S/C11H11F3O3/c1-7(15)8(2)16-9-5-3-4-6-10(9)17-11(12,13)14/h3-6,8H,1-2H3. The van der Waals surface area contributed by atoms with Crippen LogP contribution < -0.4 is 9.47 Å². The summed E-state index contributed by atoms with van der Waals surface area (Å²) in [5.41, 5.74) is 0. The number of ketones is 1. The summed E-state index contributed by atoms with van der Waals surface area (Å²) >= 11 is 0. The fourth-order valence-electron chi connectivity index (χ4n) is 1.03. The molecule has 1 unspecified atom stereocenters. The van der Waals surface area contributed by atoms with Gasteiger partial charge >= 0.3 is 6.36 Å².